The highest BCUT2D eigenvalue weighted by Gasteiger charge is 2.25. The molecule has 1 aliphatic heterocycles. The van der Waals surface area contributed by atoms with Gasteiger partial charge in [0.05, 0.1) is 10.5 Å². The fourth-order valence-electron chi connectivity index (χ4n) is 1.34. The summed E-state index contributed by atoms with van der Waals surface area (Å²) in [6.45, 7) is 1.38. The molecular weight excluding hydrogens is 216 g/mol. The zero-order valence-electron chi connectivity index (χ0n) is 7.87. The Hall–Kier alpha value is -1.69. The fourth-order valence-corrected chi connectivity index (χ4v) is 2.32. The molecule has 0 saturated carbocycles. The summed E-state index contributed by atoms with van der Waals surface area (Å²) in [4.78, 5) is 22.4. The van der Waals surface area contributed by atoms with Crippen molar-refractivity contribution < 1.29 is 13.8 Å². The Morgan fingerprint density at radius 1 is 1.47 bits per heavy atom. The average molecular weight is 224 g/mol. The molecule has 0 saturated heterocycles. The number of amides is 2. The summed E-state index contributed by atoms with van der Waals surface area (Å²) in [5.41, 5.74) is 0.925. The molecule has 1 aliphatic rings. The van der Waals surface area contributed by atoms with Gasteiger partial charge in [0.15, 0.2) is 11.0 Å². The van der Waals surface area contributed by atoms with Crippen molar-refractivity contribution in [3.05, 3.63) is 23.8 Å². The third-order valence-corrected chi connectivity index (χ3v) is 3.04. The largest absolute Gasteiger partial charge is 0.326 e. The summed E-state index contributed by atoms with van der Waals surface area (Å²) in [6, 6.07) is 4.67. The van der Waals surface area contributed by atoms with Gasteiger partial charge in [-0.05, 0) is 18.2 Å². The van der Waals surface area contributed by atoms with Crippen LogP contribution in [0.2, 0.25) is 0 Å². The van der Waals surface area contributed by atoms with Gasteiger partial charge in [-0.3, -0.25) is 14.3 Å². The molecule has 15 heavy (non-hydrogen) atoms. The molecule has 1 aromatic rings. The van der Waals surface area contributed by atoms with Crippen molar-refractivity contribution in [2.45, 2.75) is 11.8 Å². The van der Waals surface area contributed by atoms with E-state index in [0.29, 0.717) is 16.1 Å². The second kappa shape index (κ2) is 3.47. The molecular formula is C9H8N2O3S. The van der Waals surface area contributed by atoms with E-state index < -0.39 is 11.0 Å². The van der Waals surface area contributed by atoms with Gasteiger partial charge in [0.25, 0.3) is 5.91 Å². The predicted octanol–water partition coefficient (Wildman–Crippen LogP) is 0.411. The lowest BCUT2D eigenvalue weighted by atomic mass is 10.2. The fraction of sp³-hybridized carbons (Fsp3) is 0.111. The predicted molar refractivity (Wildman–Crippen MR) is 54.6 cm³/mol. The van der Waals surface area contributed by atoms with Crippen LogP contribution < -0.4 is 10.0 Å². The lowest BCUT2D eigenvalue weighted by molar-refractivity contribution is -0.114. The van der Waals surface area contributed by atoms with Gasteiger partial charge >= 0.3 is 0 Å². The number of hydrogen-bond acceptors (Lipinski definition) is 3. The maximum atomic E-state index is 11.4. The molecule has 1 heterocycles. The van der Waals surface area contributed by atoms with E-state index in [1.165, 1.54) is 13.0 Å². The number of hydrogen-bond donors (Lipinski definition) is 2. The van der Waals surface area contributed by atoms with E-state index in [0.717, 1.165) is 0 Å². The van der Waals surface area contributed by atoms with Crippen molar-refractivity contribution in [2.75, 3.05) is 5.32 Å². The van der Waals surface area contributed by atoms with Crippen LogP contribution in [0.3, 0.4) is 0 Å². The molecule has 2 rings (SSSR count). The van der Waals surface area contributed by atoms with Gasteiger partial charge < -0.3 is 5.32 Å². The van der Waals surface area contributed by atoms with Crippen LogP contribution >= 0.6 is 0 Å². The van der Waals surface area contributed by atoms with Crippen LogP contribution in [0.4, 0.5) is 5.69 Å². The zero-order valence-corrected chi connectivity index (χ0v) is 8.68. The Balaban J connectivity index is 2.42. The molecule has 5 nitrogen and oxygen atoms in total. The molecule has 2 N–H and O–H groups in total. The van der Waals surface area contributed by atoms with Gasteiger partial charge in [0.1, 0.15) is 0 Å². The van der Waals surface area contributed by atoms with Crippen molar-refractivity contribution in [2.24, 2.45) is 0 Å². The van der Waals surface area contributed by atoms with Crippen LogP contribution in [0.5, 0.6) is 0 Å². The number of benzene rings is 1. The Labute approximate surface area is 88.5 Å². The third-order valence-electron chi connectivity index (χ3n) is 1.93. The third kappa shape index (κ3) is 1.75. The second-order valence-electron chi connectivity index (χ2n) is 3.09. The smallest absolute Gasteiger partial charge is 0.264 e. The van der Waals surface area contributed by atoms with Crippen molar-refractivity contribution in [1.29, 1.82) is 0 Å². The quantitative estimate of drug-likeness (QED) is 0.725. The lowest BCUT2D eigenvalue weighted by Crippen LogP contribution is -2.15. The molecule has 1 unspecified atom stereocenters. The molecule has 0 aliphatic carbocycles. The van der Waals surface area contributed by atoms with Crippen molar-refractivity contribution in [3.8, 4) is 0 Å². The van der Waals surface area contributed by atoms with Crippen molar-refractivity contribution >= 4 is 28.5 Å². The minimum absolute atomic E-state index is 0.210. The van der Waals surface area contributed by atoms with Gasteiger partial charge in [0, 0.05) is 12.6 Å². The molecule has 2 amide bonds. The number of fused-ring (bicyclic) bond motifs is 1. The second-order valence-corrected chi connectivity index (χ2v) is 4.27. The number of nitrogens with one attached hydrogen (secondary N) is 2. The van der Waals surface area contributed by atoms with Crippen LogP contribution in [0.15, 0.2) is 23.1 Å². The molecule has 0 aromatic heterocycles. The van der Waals surface area contributed by atoms with E-state index in [-0.39, 0.29) is 11.8 Å². The molecule has 0 bridgehead atoms. The zero-order chi connectivity index (χ0) is 11.0. The first kappa shape index (κ1) is 9.85. The van der Waals surface area contributed by atoms with E-state index in [4.69, 9.17) is 0 Å². The first-order valence-electron chi connectivity index (χ1n) is 4.22. The number of carbonyl (C=O) groups excluding carboxylic acids is 2. The lowest BCUT2D eigenvalue weighted by Gasteiger charge is -2.02. The first-order chi connectivity index (χ1) is 7.08. The molecule has 6 heteroatoms. The van der Waals surface area contributed by atoms with Gasteiger partial charge in [-0.15, -0.1) is 0 Å². The maximum Gasteiger partial charge on any atom is 0.264 e. The molecule has 78 valence electrons. The minimum Gasteiger partial charge on any atom is -0.326 e. The van der Waals surface area contributed by atoms with Crippen molar-refractivity contribution in [1.82, 2.24) is 4.72 Å². The summed E-state index contributed by atoms with van der Waals surface area (Å²) in [6.07, 6.45) is 0. The summed E-state index contributed by atoms with van der Waals surface area (Å²) >= 11 is 0. The normalized spacial score (nSPS) is 18.2. The highest BCUT2D eigenvalue weighted by atomic mass is 32.2. The van der Waals surface area contributed by atoms with E-state index in [1.54, 1.807) is 12.1 Å². The molecule has 1 aromatic carbocycles. The highest BCUT2D eigenvalue weighted by Crippen LogP contribution is 2.23. The van der Waals surface area contributed by atoms with E-state index in [2.05, 4.69) is 10.0 Å². The van der Waals surface area contributed by atoms with E-state index >= 15 is 0 Å². The van der Waals surface area contributed by atoms with Crippen LogP contribution in [0, 0.1) is 0 Å². The number of carbonyl (C=O) groups is 2. The van der Waals surface area contributed by atoms with Crippen LogP contribution in [-0.2, 0) is 15.8 Å². The Morgan fingerprint density at radius 3 is 2.87 bits per heavy atom. The number of rotatable bonds is 1. The summed E-state index contributed by atoms with van der Waals surface area (Å²) in [7, 11) is -1.50. The monoisotopic (exact) mass is 224 g/mol. The van der Waals surface area contributed by atoms with E-state index in [9.17, 15) is 13.8 Å². The maximum absolute atomic E-state index is 11.4. The van der Waals surface area contributed by atoms with Crippen LogP contribution in [0.1, 0.15) is 17.3 Å². The number of anilines is 1. The topological polar surface area (TPSA) is 75.3 Å². The summed E-state index contributed by atoms with van der Waals surface area (Å²) in [5.74, 6) is -0.560. The Kier molecular flexibility index (Phi) is 2.28. The van der Waals surface area contributed by atoms with Crippen LogP contribution in [0.25, 0.3) is 0 Å². The van der Waals surface area contributed by atoms with Crippen molar-refractivity contribution in [3.63, 3.8) is 0 Å². The van der Waals surface area contributed by atoms with Gasteiger partial charge in [-0.2, -0.15) is 0 Å². The van der Waals surface area contributed by atoms with Crippen LogP contribution in [-0.4, -0.2) is 16.0 Å². The summed E-state index contributed by atoms with van der Waals surface area (Å²) in [5, 5.41) is 2.56. The molecule has 1 atom stereocenters. The van der Waals surface area contributed by atoms with Gasteiger partial charge in [-0.1, -0.05) is 0 Å². The average Bonchev–Trinajstić information content (AvgIpc) is 2.41. The molecule has 0 spiro atoms. The summed E-state index contributed by atoms with van der Waals surface area (Å²) < 4.78 is 13.7. The minimum atomic E-state index is -1.50. The first-order valence-corrected chi connectivity index (χ1v) is 5.37. The molecule has 0 radical (unpaired) electrons. The van der Waals surface area contributed by atoms with E-state index in [1.807, 2.05) is 0 Å². The van der Waals surface area contributed by atoms with Gasteiger partial charge in [-0.25, -0.2) is 4.21 Å². The molecule has 0 fully saturated rings. The Bertz CT molecular complexity index is 484. The van der Waals surface area contributed by atoms with Gasteiger partial charge in [0.2, 0.25) is 5.91 Å². The standard InChI is InChI=1S/C9H8N2O3S/c1-5(12)10-6-2-3-7-8(4-6)15(14)11-9(7)13/h2-4H,1H3,(H,10,12)(H,11,13). The highest BCUT2D eigenvalue weighted by molar-refractivity contribution is 7.84. The SMILES string of the molecule is CC(=O)Nc1ccc2c(c1)S(=O)NC2=O. The Morgan fingerprint density at radius 2 is 2.20 bits per heavy atom.